The van der Waals surface area contributed by atoms with Gasteiger partial charge in [-0.15, -0.1) is 0 Å². The normalized spacial score (nSPS) is 10.2. The lowest BCUT2D eigenvalue weighted by Crippen LogP contribution is -2.09. The van der Waals surface area contributed by atoms with E-state index in [4.69, 9.17) is 11.5 Å². The van der Waals surface area contributed by atoms with Crippen LogP contribution in [0.5, 0.6) is 0 Å². The number of anilines is 1. The van der Waals surface area contributed by atoms with Crippen LogP contribution in [0.3, 0.4) is 0 Å². The van der Waals surface area contributed by atoms with E-state index in [1.807, 2.05) is 0 Å². The summed E-state index contributed by atoms with van der Waals surface area (Å²) in [6.07, 6.45) is 0.892. The van der Waals surface area contributed by atoms with E-state index in [1.54, 1.807) is 0 Å². The van der Waals surface area contributed by atoms with E-state index in [0.29, 0.717) is 11.7 Å². The largest absolute Gasteiger partial charge is 0.383 e. The third-order valence-corrected chi connectivity index (χ3v) is 2.29. The molecule has 6 heteroatoms. The third-order valence-electron chi connectivity index (χ3n) is 1.33. The van der Waals surface area contributed by atoms with Gasteiger partial charge in [0.15, 0.2) is 5.16 Å². The van der Waals surface area contributed by atoms with Crippen LogP contribution in [0.4, 0.5) is 5.82 Å². The summed E-state index contributed by atoms with van der Waals surface area (Å²) >= 11 is 1.45. The molecule has 72 valence electrons. The van der Waals surface area contributed by atoms with Crippen LogP contribution >= 0.6 is 11.8 Å². The standard InChI is InChI=1S/C7H12N4OS/c8-2-1-3-13-7-10-5(9)4-6(12)11-7/h4H,1-3,8H2,(H3,9,10,11,12). The summed E-state index contributed by atoms with van der Waals surface area (Å²) in [5.41, 5.74) is 10.5. The zero-order valence-electron chi connectivity index (χ0n) is 7.12. The van der Waals surface area contributed by atoms with E-state index in [2.05, 4.69) is 9.97 Å². The molecule has 0 fully saturated rings. The van der Waals surface area contributed by atoms with Gasteiger partial charge in [0, 0.05) is 11.8 Å². The van der Waals surface area contributed by atoms with Crippen molar-refractivity contribution in [3.8, 4) is 0 Å². The highest BCUT2D eigenvalue weighted by Gasteiger charge is 1.98. The molecule has 0 aliphatic heterocycles. The molecule has 1 heterocycles. The van der Waals surface area contributed by atoms with E-state index in [1.165, 1.54) is 17.8 Å². The third kappa shape index (κ3) is 3.47. The van der Waals surface area contributed by atoms with Crippen molar-refractivity contribution in [1.29, 1.82) is 0 Å². The maximum Gasteiger partial charge on any atom is 0.253 e. The van der Waals surface area contributed by atoms with Crippen molar-refractivity contribution in [2.45, 2.75) is 11.6 Å². The molecule has 0 spiro atoms. The number of nitrogens with two attached hydrogens (primary N) is 2. The number of aromatic nitrogens is 2. The van der Waals surface area contributed by atoms with Crippen LogP contribution in [0.25, 0.3) is 0 Å². The average Bonchev–Trinajstić information content (AvgIpc) is 2.03. The minimum absolute atomic E-state index is 0.220. The van der Waals surface area contributed by atoms with E-state index in [0.717, 1.165) is 12.2 Å². The zero-order valence-corrected chi connectivity index (χ0v) is 7.93. The molecule has 0 aliphatic rings. The summed E-state index contributed by atoms with van der Waals surface area (Å²) in [4.78, 5) is 17.5. The first-order valence-corrected chi connectivity index (χ1v) is 4.90. The Kier molecular flexibility index (Phi) is 3.78. The SMILES string of the molecule is NCCCSc1nc(N)cc(=O)[nH]1. The number of aromatic amines is 1. The van der Waals surface area contributed by atoms with Crippen LogP contribution in [-0.2, 0) is 0 Å². The second-order valence-corrected chi connectivity index (χ2v) is 3.55. The average molecular weight is 200 g/mol. The minimum Gasteiger partial charge on any atom is -0.383 e. The Labute approximate surface area is 79.9 Å². The topological polar surface area (TPSA) is 97.8 Å². The fraction of sp³-hybridized carbons (Fsp3) is 0.429. The number of hydrogen-bond donors (Lipinski definition) is 3. The molecule has 0 bridgehead atoms. The Morgan fingerprint density at radius 1 is 1.62 bits per heavy atom. The van der Waals surface area contributed by atoms with Crippen molar-refractivity contribution in [1.82, 2.24) is 9.97 Å². The molecule has 13 heavy (non-hydrogen) atoms. The van der Waals surface area contributed by atoms with Crippen molar-refractivity contribution in [3.05, 3.63) is 16.4 Å². The van der Waals surface area contributed by atoms with Gasteiger partial charge < -0.3 is 16.5 Å². The monoisotopic (exact) mass is 200 g/mol. The number of thioether (sulfide) groups is 1. The number of nitrogens with one attached hydrogen (secondary N) is 1. The minimum atomic E-state index is -0.220. The van der Waals surface area contributed by atoms with Crippen LogP contribution in [0.1, 0.15) is 6.42 Å². The van der Waals surface area contributed by atoms with E-state index >= 15 is 0 Å². The maximum absolute atomic E-state index is 10.9. The zero-order chi connectivity index (χ0) is 9.68. The van der Waals surface area contributed by atoms with Crippen molar-refractivity contribution in [3.63, 3.8) is 0 Å². The molecular weight excluding hydrogens is 188 g/mol. The number of rotatable bonds is 4. The molecule has 0 atom stereocenters. The second-order valence-electron chi connectivity index (χ2n) is 2.47. The van der Waals surface area contributed by atoms with Gasteiger partial charge in [0.25, 0.3) is 5.56 Å². The van der Waals surface area contributed by atoms with Gasteiger partial charge in [0.1, 0.15) is 5.82 Å². The summed E-state index contributed by atoms with van der Waals surface area (Å²) in [5.74, 6) is 1.09. The second kappa shape index (κ2) is 4.88. The molecule has 1 aromatic rings. The summed E-state index contributed by atoms with van der Waals surface area (Å²) in [5, 5.41) is 0.554. The molecule has 5 N–H and O–H groups in total. The molecular formula is C7H12N4OS. The van der Waals surface area contributed by atoms with Gasteiger partial charge >= 0.3 is 0 Å². The van der Waals surface area contributed by atoms with Crippen LogP contribution in [0, 0.1) is 0 Å². The van der Waals surface area contributed by atoms with Crippen LogP contribution in [-0.4, -0.2) is 22.3 Å². The van der Waals surface area contributed by atoms with Crippen molar-refractivity contribution in [2.24, 2.45) is 5.73 Å². The molecule has 0 aliphatic carbocycles. The first kappa shape index (κ1) is 10.1. The van der Waals surface area contributed by atoms with Gasteiger partial charge in [0.2, 0.25) is 0 Å². The molecule has 0 saturated carbocycles. The molecule has 0 aromatic carbocycles. The predicted molar refractivity (Wildman–Crippen MR) is 53.7 cm³/mol. The quantitative estimate of drug-likeness (QED) is 0.355. The van der Waals surface area contributed by atoms with Gasteiger partial charge in [-0.05, 0) is 13.0 Å². The van der Waals surface area contributed by atoms with E-state index < -0.39 is 0 Å². The van der Waals surface area contributed by atoms with Gasteiger partial charge in [-0.3, -0.25) is 4.79 Å². The lowest BCUT2D eigenvalue weighted by atomic mass is 10.5. The van der Waals surface area contributed by atoms with Gasteiger partial charge in [-0.1, -0.05) is 11.8 Å². The van der Waals surface area contributed by atoms with Crippen LogP contribution < -0.4 is 17.0 Å². The lowest BCUT2D eigenvalue weighted by Gasteiger charge is -1.99. The molecule has 0 saturated heterocycles. The molecule has 0 amide bonds. The Hall–Kier alpha value is -1.01. The van der Waals surface area contributed by atoms with Gasteiger partial charge in [0.05, 0.1) is 0 Å². The number of nitrogens with zero attached hydrogens (tertiary/aromatic N) is 1. The van der Waals surface area contributed by atoms with Gasteiger partial charge in [-0.2, -0.15) is 0 Å². The molecule has 1 rings (SSSR count). The van der Waals surface area contributed by atoms with E-state index in [9.17, 15) is 4.79 Å². The molecule has 5 nitrogen and oxygen atoms in total. The predicted octanol–water partition coefficient (Wildman–Crippen LogP) is -0.207. The Morgan fingerprint density at radius 2 is 2.38 bits per heavy atom. The highest BCUT2D eigenvalue weighted by molar-refractivity contribution is 7.99. The summed E-state index contributed by atoms with van der Waals surface area (Å²) in [6.45, 7) is 0.638. The fourth-order valence-corrected chi connectivity index (χ4v) is 1.62. The van der Waals surface area contributed by atoms with E-state index in [-0.39, 0.29) is 11.4 Å². The highest BCUT2D eigenvalue weighted by Crippen LogP contribution is 2.11. The first-order valence-electron chi connectivity index (χ1n) is 3.92. The lowest BCUT2D eigenvalue weighted by molar-refractivity contribution is 0.918. The van der Waals surface area contributed by atoms with Crippen molar-refractivity contribution in [2.75, 3.05) is 18.0 Å². The van der Waals surface area contributed by atoms with Crippen molar-refractivity contribution < 1.29 is 0 Å². The van der Waals surface area contributed by atoms with Crippen LogP contribution in [0.15, 0.2) is 16.0 Å². The van der Waals surface area contributed by atoms with Crippen LogP contribution in [0.2, 0.25) is 0 Å². The number of hydrogen-bond acceptors (Lipinski definition) is 5. The number of nitrogen functional groups attached to an aromatic ring is 1. The smallest absolute Gasteiger partial charge is 0.253 e. The summed E-state index contributed by atoms with van der Waals surface area (Å²) in [6, 6.07) is 1.26. The maximum atomic E-state index is 10.9. The fourth-order valence-electron chi connectivity index (χ4n) is 0.774. The summed E-state index contributed by atoms with van der Waals surface area (Å²) < 4.78 is 0. The Morgan fingerprint density at radius 3 is 3.00 bits per heavy atom. The molecule has 0 radical (unpaired) electrons. The summed E-state index contributed by atoms with van der Waals surface area (Å²) in [7, 11) is 0. The Bertz CT molecular complexity index is 325. The first-order chi connectivity index (χ1) is 6.22. The van der Waals surface area contributed by atoms with Gasteiger partial charge in [-0.25, -0.2) is 4.98 Å². The van der Waals surface area contributed by atoms with Crippen molar-refractivity contribution >= 4 is 17.6 Å². The highest BCUT2D eigenvalue weighted by atomic mass is 32.2. The molecule has 1 aromatic heterocycles. The Balaban J connectivity index is 2.61. The number of H-pyrrole nitrogens is 1. The molecule has 0 unspecified atom stereocenters.